The average molecular weight is 354 g/mol. The zero-order chi connectivity index (χ0) is 15.8. The van der Waals surface area contributed by atoms with Crippen molar-refractivity contribution in [2.45, 2.75) is 46.1 Å². The molecule has 0 aliphatic carbocycles. The van der Waals surface area contributed by atoms with Gasteiger partial charge in [0.25, 0.3) is 0 Å². The van der Waals surface area contributed by atoms with Gasteiger partial charge in [-0.15, -0.1) is 0 Å². The summed E-state index contributed by atoms with van der Waals surface area (Å²) in [6, 6.07) is 6.39. The Morgan fingerprint density at radius 2 is 2.14 bits per heavy atom. The van der Waals surface area contributed by atoms with Crippen molar-refractivity contribution in [1.29, 1.82) is 0 Å². The van der Waals surface area contributed by atoms with Crippen molar-refractivity contribution in [3.63, 3.8) is 0 Å². The third-order valence-electron chi connectivity index (χ3n) is 3.58. The molecule has 116 valence electrons. The summed E-state index contributed by atoms with van der Waals surface area (Å²) in [4.78, 5) is 13.1. The molecule has 0 saturated carbocycles. The normalized spacial score (nSPS) is 12.6. The molecule has 0 radical (unpaired) electrons. The van der Waals surface area contributed by atoms with E-state index in [4.69, 9.17) is 5.11 Å². The van der Waals surface area contributed by atoms with Crippen LogP contribution in [0.2, 0.25) is 0 Å². The van der Waals surface area contributed by atoms with E-state index in [0.717, 1.165) is 41.5 Å². The van der Waals surface area contributed by atoms with E-state index in [1.165, 1.54) is 6.08 Å². The quantitative estimate of drug-likeness (QED) is 0.672. The molecular formula is C17H24BrNO2. The van der Waals surface area contributed by atoms with Gasteiger partial charge in [-0.05, 0) is 43.5 Å². The van der Waals surface area contributed by atoms with Crippen LogP contribution in [0.25, 0.3) is 6.08 Å². The van der Waals surface area contributed by atoms with E-state index in [1.807, 2.05) is 12.1 Å². The minimum Gasteiger partial charge on any atom is -0.478 e. The highest BCUT2D eigenvalue weighted by Crippen LogP contribution is 2.29. The molecule has 3 nitrogen and oxygen atoms in total. The molecule has 0 bridgehead atoms. The number of carbonyl (C=O) groups is 1. The first-order chi connectivity index (χ1) is 9.99. The third kappa shape index (κ3) is 5.54. The Morgan fingerprint density at radius 1 is 1.43 bits per heavy atom. The summed E-state index contributed by atoms with van der Waals surface area (Å²) < 4.78 is 1.01. The second kappa shape index (κ2) is 8.88. The number of carboxylic acid groups (broad SMARTS) is 1. The molecule has 0 saturated heterocycles. The lowest BCUT2D eigenvalue weighted by Crippen LogP contribution is -2.34. The number of carboxylic acids is 1. The minimum absolute atomic E-state index is 0.419. The van der Waals surface area contributed by atoms with Crippen molar-refractivity contribution in [3.05, 3.63) is 34.3 Å². The molecule has 1 aromatic carbocycles. The van der Waals surface area contributed by atoms with Gasteiger partial charge in [-0.1, -0.05) is 42.3 Å². The Bertz CT molecular complexity index is 500. The van der Waals surface area contributed by atoms with Crippen molar-refractivity contribution in [2.75, 3.05) is 11.4 Å². The maximum Gasteiger partial charge on any atom is 0.328 e. The predicted molar refractivity (Wildman–Crippen MR) is 92.8 cm³/mol. The van der Waals surface area contributed by atoms with E-state index in [1.54, 1.807) is 6.08 Å². The molecule has 4 heteroatoms. The summed E-state index contributed by atoms with van der Waals surface area (Å²) >= 11 is 3.52. The van der Waals surface area contributed by atoms with Gasteiger partial charge in [-0.3, -0.25) is 0 Å². The lowest BCUT2D eigenvalue weighted by Gasteiger charge is -2.32. The Kier molecular flexibility index (Phi) is 7.51. The van der Waals surface area contributed by atoms with Gasteiger partial charge in [-0.25, -0.2) is 4.79 Å². The summed E-state index contributed by atoms with van der Waals surface area (Å²) in [5, 5.41) is 8.85. The number of benzene rings is 1. The van der Waals surface area contributed by atoms with Gasteiger partial charge in [0.15, 0.2) is 0 Å². The molecule has 1 unspecified atom stereocenters. The van der Waals surface area contributed by atoms with Gasteiger partial charge in [0, 0.05) is 28.8 Å². The number of hydrogen-bond donors (Lipinski definition) is 1. The number of anilines is 1. The van der Waals surface area contributed by atoms with Gasteiger partial charge in [0.2, 0.25) is 0 Å². The van der Waals surface area contributed by atoms with Crippen LogP contribution in [0.5, 0.6) is 0 Å². The first-order valence-electron chi connectivity index (χ1n) is 7.46. The number of halogens is 1. The van der Waals surface area contributed by atoms with Crippen molar-refractivity contribution < 1.29 is 9.90 Å². The van der Waals surface area contributed by atoms with E-state index in [2.05, 4.69) is 47.7 Å². The standard InChI is InChI=1S/C17H24BrNO2/c1-4-6-11-19(13(3)5-2)16-12-15(18)9-7-14(16)8-10-17(20)21/h7-10,12-13H,4-6,11H2,1-3H3,(H,20,21). The first kappa shape index (κ1) is 17.8. The molecule has 0 heterocycles. The zero-order valence-electron chi connectivity index (χ0n) is 13.0. The van der Waals surface area contributed by atoms with E-state index < -0.39 is 5.97 Å². The van der Waals surface area contributed by atoms with Gasteiger partial charge in [0.1, 0.15) is 0 Å². The average Bonchev–Trinajstić information content (AvgIpc) is 2.46. The maximum absolute atomic E-state index is 10.8. The summed E-state index contributed by atoms with van der Waals surface area (Å²) in [6.45, 7) is 7.55. The highest BCUT2D eigenvalue weighted by Gasteiger charge is 2.15. The van der Waals surface area contributed by atoms with Crippen LogP contribution in [0.15, 0.2) is 28.7 Å². The molecule has 1 N–H and O–H groups in total. The fourth-order valence-corrected chi connectivity index (χ4v) is 2.54. The number of rotatable bonds is 8. The van der Waals surface area contributed by atoms with Crippen LogP contribution in [0, 0.1) is 0 Å². The van der Waals surface area contributed by atoms with Gasteiger partial charge >= 0.3 is 5.97 Å². The monoisotopic (exact) mass is 353 g/mol. The molecule has 0 spiro atoms. The largest absolute Gasteiger partial charge is 0.478 e. The van der Waals surface area contributed by atoms with Gasteiger partial charge in [-0.2, -0.15) is 0 Å². The highest BCUT2D eigenvalue weighted by atomic mass is 79.9. The van der Waals surface area contributed by atoms with Crippen LogP contribution in [0.3, 0.4) is 0 Å². The van der Waals surface area contributed by atoms with Crippen molar-refractivity contribution >= 4 is 33.7 Å². The Hall–Kier alpha value is -1.29. The van der Waals surface area contributed by atoms with E-state index in [9.17, 15) is 4.79 Å². The molecule has 1 rings (SSSR count). The van der Waals surface area contributed by atoms with Crippen molar-refractivity contribution in [3.8, 4) is 0 Å². The number of nitrogens with zero attached hydrogens (tertiary/aromatic N) is 1. The molecular weight excluding hydrogens is 330 g/mol. The minimum atomic E-state index is -0.924. The second-order valence-corrected chi connectivity index (χ2v) is 6.09. The Labute approximate surface area is 135 Å². The SMILES string of the molecule is CCCCN(c1cc(Br)ccc1C=CC(=O)O)C(C)CC. The number of aliphatic carboxylic acids is 1. The first-order valence-corrected chi connectivity index (χ1v) is 8.26. The lowest BCUT2D eigenvalue weighted by molar-refractivity contribution is -0.131. The molecule has 21 heavy (non-hydrogen) atoms. The molecule has 0 aliphatic heterocycles. The van der Waals surface area contributed by atoms with Gasteiger partial charge in [0.05, 0.1) is 0 Å². The van der Waals surface area contributed by atoms with Crippen LogP contribution in [0.4, 0.5) is 5.69 Å². The van der Waals surface area contributed by atoms with Crippen LogP contribution >= 0.6 is 15.9 Å². The Morgan fingerprint density at radius 3 is 2.71 bits per heavy atom. The van der Waals surface area contributed by atoms with Crippen molar-refractivity contribution in [2.24, 2.45) is 0 Å². The highest BCUT2D eigenvalue weighted by molar-refractivity contribution is 9.10. The fraction of sp³-hybridized carbons (Fsp3) is 0.471. The third-order valence-corrected chi connectivity index (χ3v) is 4.08. The summed E-state index contributed by atoms with van der Waals surface area (Å²) in [7, 11) is 0. The zero-order valence-corrected chi connectivity index (χ0v) is 14.6. The molecule has 0 aromatic heterocycles. The van der Waals surface area contributed by atoms with E-state index in [0.29, 0.717) is 6.04 Å². The van der Waals surface area contributed by atoms with Gasteiger partial charge < -0.3 is 10.0 Å². The molecule has 1 aromatic rings. The maximum atomic E-state index is 10.8. The van der Waals surface area contributed by atoms with Crippen LogP contribution < -0.4 is 4.90 Å². The molecule has 0 fully saturated rings. The summed E-state index contributed by atoms with van der Waals surface area (Å²) in [5.74, 6) is -0.924. The lowest BCUT2D eigenvalue weighted by atomic mass is 10.1. The second-order valence-electron chi connectivity index (χ2n) is 5.18. The van der Waals surface area contributed by atoms with E-state index >= 15 is 0 Å². The number of unbranched alkanes of at least 4 members (excludes halogenated alkanes) is 1. The molecule has 0 amide bonds. The van der Waals surface area contributed by atoms with Crippen LogP contribution in [-0.4, -0.2) is 23.7 Å². The Balaban J connectivity index is 3.20. The predicted octanol–water partition coefficient (Wildman–Crippen LogP) is 4.95. The molecule has 1 atom stereocenters. The van der Waals surface area contributed by atoms with Crippen LogP contribution in [-0.2, 0) is 4.79 Å². The van der Waals surface area contributed by atoms with Crippen molar-refractivity contribution in [1.82, 2.24) is 0 Å². The fourth-order valence-electron chi connectivity index (χ4n) is 2.19. The van der Waals surface area contributed by atoms with E-state index in [-0.39, 0.29) is 0 Å². The van der Waals surface area contributed by atoms with Crippen LogP contribution in [0.1, 0.15) is 45.6 Å². The summed E-state index contributed by atoms with van der Waals surface area (Å²) in [6.07, 6.45) is 6.19. The smallest absolute Gasteiger partial charge is 0.328 e. The summed E-state index contributed by atoms with van der Waals surface area (Å²) in [5.41, 5.74) is 2.03. The number of hydrogen-bond acceptors (Lipinski definition) is 2. The molecule has 0 aliphatic rings. The topological polar surface area (TPSA) is 40.5 Å².